The number of aromatic nitrogens is 2. The van der Waals surface area contributed by atoms with Gasteiger partial charge in [0.2, 0.25) is 11.5 Å². The Morgan fingerprint density at radius 3 is 2.61 bits per heavy atom. The van der Waals surface area contributed by atoms with Crippen LogP contribution in [0.2, 0.25) is 0 Å². The lowest BCUT2D eigenvalue weighted by Crippen LogP contribution is -2.48. The summed E-state index contributed by atoms with van der Waals surface area (Å²) < 4.78 is 47.7. The molecule has 0 aliphatic carbocycles. The Morgan fingerprint density at radius 1 is 1.36 bits per heavy atom. The second-order valence-corrected chi connectivity index (χ2v) is 6.76. The van der Waals surface area contributed by atoms with Gasteiger partial charge >= 0.3 is 6.18 Å². The zero-order valence-electron chi connectivity index (χ0n) is 15.6. The molecule has 0 aliphatic rings. The Bertz CT molecular complexity index is 962. The molecule has 9 heteroatoms. The lowest BCUT2D eigenvalue weighted by atomic mass is 9.96. The number of fused-ring (bicyclic) bond motifs is 1. The van der Waals surface area contributed by atoms with Crippen LogP contribution in [0.5, 0.6) is 0 Å². The van der Waals surface area contributed by atoms with Gasteiger partial charge in [0.15, 0.2) is 5.82 Å². The first-order chi connectivity index (χ1) is 13.0. The van der Waals surface area contributed by atoms with Crippen LogP contribution < -0.4 is 0 Å². The number of imidazole rings is 1. The number of aliphatic hydroxyl groups is 1. The van der Waals surface area contributed by atoms with Gasteiger partial charge in [0.05, 0.1) is 12.5 Å². The number of hydrogen-bond donors (Lipinski definition) is 1. The van der Waals surface area contributed by atoms with Crippen molar-refractivity contribution in [2.45, 2.75) is 31.2 Å². The van der Waals surface area contributed by atoms with E-state index >= 15 is 0 Å². The third kappa shape index (κ3) is 3.37. The fourth-order valence-corrected chi connectivity index (χ4v) is 3.03. The number of benzene rings is 1. The molecule has 0 radical (unpaired) electrons. The third-order valence-electron chi connectivity index (χ3n) is 4.90. The van der Waals surface area contributed by atoms with Gasteiger partial charge in [0.1, 0.15) is 11.3 Å². The van der Waals surface area contributed by atoms with E-state index in [1.165, 1.54) is 20.3 Å². The van der Waals surface area contributed by atoms with E-state index in [1.807, 2.05) is 12.1 Å². The van der Waals surface area contributed by atoms with E-state index in [0.717, 1.165) is 21.1 Å². The maximum Gasteiger partial charge on any atom is 0.425 e. The molecule has 1 amide bonds. The van der Waals surface area contributed by atoms with Crippen molar-refractivity contribution in [1.82, 2.24) is 14.5 Å². The fourth-order valence-electron chi connectivity index (χ4n) is 3.03. The molecule has 0 spiro atoms. The van der Waals surface area contributed by atoms with E-state index in [2.05, 4.69) is 4.98 Å². The highest BCUT2D eigenvalue weighted by molar-refractivity contribution is 5.79. The molecule has 0 aliphatic heterocycles. The molecule has 0 saturated heterocycles. The number of para-hydroxylation sites is 1. The van der Waals surface area contributed by atoms with E-state index < -0.39 is 36.0 Å². The predicted molar refractivity (Wildman–Crippen MR) is 95.2 cm³/mol. The molecule has 0 saturated carbocycles. The molecule has 3 aromatic rings. The van der Waals surface area contributed by atoms with Crippen LogP contribution in [0.4, 0.5) is 13.2 Å². The summed E-state index contributed by atoms with van der Waals surface area (Å²) >= 11 is 0. The summed E-state index contributed by atoms with van der Waals surface area (Å²) in [7, 11) is 2.69. The molecule has 2 aromatic heterocycles. The van der Waals surface area contributed by atoms with Crippen molar-refractivity contribution in [3.63, 3.8) is 0 Å². The van der Waals surface area contributed by atoms with E-state index in [4.69, 9.17) is 4.42 Å². The molecule has 150 valence electrons. The van der Waals surface area contributed by atoms with Crippen LogP contribution in [0, 0.1) is 0 Å². The van der Waals surface area contributed by atoms with Gasteiger partial charge in [-0.1, -0.05) is 18.2 Å². The maximum absolute atomic E-state index is 13.6. The highest BCUT2D eigenvalue weighted by atomic mass is 19.4. The van der Waals surface area contributed by atoms with E-state index in [1.54, 1.807) is 25.1 Å². The van der Waals surface area contributed by atoms with Gasteiger partial charge in [-0.3, -0.25) is 4.79 Å². The summed E-state index contributed by atoms with van der Waals surface area (Å²) in [5, 5.41) is 11.2. The normalized spacial score (nSPS) is 15.4. The van der Waals surface area contributed by atoms with E-state index in [-0.39, 0.29) is 0 Å². The van der Waals surface area contributed by atoms with Crippen LogP contribution >= 0.6 is 0 Å². The minimum atomic E-state index is -5.08. The average Bonchev–Trinajstić information content (AvgIpc) is 3.25. The summed E-state index contributed by atoms with van der Waals surface area (Å²) in [5.74, 6) is -1.10. The van der Waals surface area contributed by atoms with Gasteiger partial charge in [-0.05, 0) is 19.1 Å². The number of hydrogen-bond acceptors (Lipinski definition) is 4. The van der Waals surface area contributed by atoms with Crippen molar-refractivity contribution in [2.24, 2.45) is 7.05 Å². The number of carbonyl (C=O) groups is 1. The number of amides is 1. The molecule has 2 heterocycles. The first-order valence-corrected chi connectivity index (χ1v) is 8.55. The zero-order valence-corrected chi connectivity index (χ0v) is 15.6. The molecule has 6 nitrogen and oxygen atoms in total. The van der Waals surface area contributed by atoms with Crippen LogP contribution in [0.3, 0.4) is 0 Å². The number of furan rings is 1. The summed E-state index contributed by atoms with van der Waals surface area (Å²) in [4.78, 5) is 17.4. The smallest absolute Gasteiger partial charge is 0.425 e. The van der Waals surface area contributed by atoms with Crippen LogP contribution in [0.1, 0.15) is 31.0 Å². The molecule has 1 N–H and O–H groups in total. The second kappa shape index (κ2) is 6.97. The van der Waals surface area contributed by atoms with Gasteiger partial charge in [-0.2, -0.15) is 13.2 Å². The Kier molecular flexibility index (Phi) is 4.97. The summed E-state index contributed by atoms with van der Waals surface area (Å²) in [6.45, 7) is 1.64. The highest BCUT2D eigenvalue weighted by Crippen LogP contribution is 2.41. The second-order valence-electron chi connectivity index (χ2n) is 6.76. The van der Waals surface area contributed by atoms with Crippen LogP contribution in [0.15, 0.2) is 47.1 Å². The van der Waals surface area contributed by atoms with E-state index in [9.17, 15) is 23.1 Å². The molecule has 28 heavy (non-hydrogen) atoms. The number of alkyl halides is 3. The number of nitrogens with zero attached hydrogens (tertiary/aromatic N) is 3. The highest BCUT2D eigenvalue weighted by Gasteiger charge is 2.59. The molecule has 2 unspecified atom stereocenters. The molecule has 3 rings (SSSR count). The first-order valence-electron chi connectivity index (χ1n) is 8.55. The Labute approximate surface area is 159 Å². The van der Waals surface area contributed by atoms with Crippen LogP contribution in [0.25, 0.3) is 11.0 Å². The summed E-state index contributed by atoms with van der Waals surface area (Å²) in [6, 6.07) is 8.33. The number of rotatable bonds is 5. The summed E-state index contributed by atoms with van der Waals surface area (Å²) in [6.07, 6.45) is -3.86. The van der Waals surface area contributed by atoms with Crippen LogP contribution in [-0.4, -0.2) is 38.7 Å². The molecular formula is C19H20F3N3O3. The number of aryl methyl sites for hydroxylation is 1. The topological polar surface area (TPSA) is 71.5 Å². The quantitative estimate of drug-likeness (QED) is 0.718. The number of halogens is 3. The van der Waals surface area contributed by atoms with Crippen LogP contribution in [-0.2, 0) is 17.4 Å². The predicted octanol–water partition coefficient (Wildman–Crippen LogP) is 3.53. The average molecular weight is 395 g/mol. The Balaban J connectivity index is 1.86. The molecule has 2 atom stereocenters. The third-order valence-corrected chi connectivity index (χ3v) is 4.90. The molecular weight excluding hydrogens is 375 g/mol. The van der Waals surface area contributed by atoms with Crippen molar-refractivity contribution >= 4 is 16.9 Å². The van der Waals surface area contributed by atoms with Gasteiger partial charge < -0.3 is 19.0 Å². The van der Waals surface area contributed by atoms with Gasteiger partial charge in [-0.25, -0.2) is 4.98 Å². The Hall–Kier alpha value is -2.81. The maximum atomic E-state index is 13.6. The van der Waals surface area contributed by atoms with Crippen molar-refractivity contribution in [3.05, 3.63) is 54.3 Å². The lowest BCUT2D eigenvalue weighted by Gasteiger charge is -2.32. The number of carbonyl (C=O) groups excluding carboxylic acids is 1. The molecule has 1 aromatic carbocycles. The Morgan fingerprint density at radius 2 is 2.04 bits per heavy atom. The minimum absolute atomic E-state index is 0.435. The first kappa shape index (κ1) is 19.9. The summed E-state index contributed by atoms with van der Waals surface area (Å²) in [5.41, 5.74) is -2.78. The van der Waals surface area contributed by atoms with E-state index in [0.29, 0.717) is 11.3 Å². The standard InChI is InChI=1S/C19H20F3N3O3/c1-12(15-10-13-6-4-5-7-14(13)28-15)25(3)16(26)11-18(27,19(20,21)22)17-23-8-9-24(17)2/h4-10,12,27H,11H2,1-3H3. The largest absolute Gasteiger partial charge is 0.459 e. The lowest BCUT2D eigenvalue weighted by molar-refractivity contribution is -0.272. The van der Waals surface area contributed by atoms with Crippen molar-refractivity contribution in [2.75, 3.05) is 7.05 Å². The SMILES string of the molecule is CC(c1cc2ccccc2o1)N(C)C(=O)CC(O)(c1nccn1C)C(F)(F)F. The molecule has 0 fully saturated rings. The fraction of sp³-hybridized carbons (Fsp3) is 0.368. The van der Waals surface area contributed by atoms with Crippen molar-refractivity contribution in [1.29, 1.82) is 0 Å². The van der Waals surface area contributed by atoms with Crippen molar-refractivity contribution < 1.29 is 27.5 Å². The van der Waals surface area contributed by atoms with Gasteiger partial charge in [0.25, 0.3) is 0 Å². The van der Waals surface area contributed by atoms with Gasteiger partial charge in [-0.15, -0.1) is 0 Å². The molecule has 0 bridgehead atoms. The monoisotopic (exact) mass is 395 g/mol. The zero-order chi connectivity index (χ0) is 20.7. The minimum Gasteiger partial charge on any atom is -0.459 e. The van der Waals surface area contributed by atoms with Crippen molar-refractivity contribution in [3.8, 4) is 0 Å². The van der Waals surface area contributed by atoms with Gasteiger partial charge in [0, 0.05) is 31.9 Å².